The van der Waals surface area contributed by atoms with Crippen LogP contribution in [0.25, 0.3) is 0 Å². The van der Waals surface area contributed by atoms with E-state index in [1.165, 1.54) is 44.9 Å². The predicted molar refractivity (Wildman–Crippen MR) is 70.4 cm³/mol. The van der Waals surface area contributed by atoms with Crippen LogP contribution in [-0.2, 0) is 0 Å². The van der Waals surface area contributed by atoms with Crippen molar-refractivity contribution in [1.29, 1.82) is 0 Å². The van der Waals surface area contributed by atoms with Gasteiger partial charge in [0.05, 0.1) is 0 Å². The first-order valence-electron chi connectivity index (χ1n) is 6.97. The number of aliphatic hydroxyl groups excluding tert-OH is 1. The van der Waals surface area contributed by atoms with E-state index in [0.717, 1.165) is 12.3 Å². The van der Waals surface area contributed by atoms with Crippen LogP contribution in [0.2, 0.25) is 0 Å². The molecule has 2 unspecified atom stereocenters. The first-order valence-corrected chi connectivity index (χ1v) is 6.97. The third-order valence-electron chi connectivity index (χ3n) is 4.21. The first-order chi connectivity index (χ1) is 7.73. The second-order valence-corrected chi connectivity index (χ2v) is 5.52. The van der Waals surface area contributed by atoms with Gasteiger partial charge < -0.3 is 5.11 Å². The van der Waals surface area contributed by atoms with Gasteiger partial charge in [-0.05, 0) is 43.9 Å². The molecule has 1 N–H and O–H groups in total. The Hall–Kier alpha value is -0.300. The summed E-state index contributed by atoms with van der Waals surface area (Å²) < 4.78 is 0. The Kier molecular flexibility index (Phi) is 6.12. The molecule has 0 aromatic rings. The Bertz CT molecular complexity index is 209. The van der Waals surface area contributed by atoms with Crippen LogP contribution in [0.5, 0.6) is 0 Å². The zero-order valence-corrected chi connectivity index (χ0v) is 11.0. The minimum atomic E-state index is 0.354. The molecule has 0 saturated heterocycles. The van der Waals surface area contributed by atoms with Gasteiger partial charge >= 0.3 is 0 Å². The number of allylic oxidation sites excluding steroid dienone is 2. The third kappa shape index (κ3) is 3.93. The summed E-state index contributed by atoms with van der Waals surface area (Å²) in [6.07, 6.45) is 15.0. The summed E-state index contributed by atoms with van der Waals surface area (Å²) in [7, 11) is 0. The van der Waals surface area contributed by atoms with Gasteiger partial charge in [-0.15, -0.1) is 0 Å². The second kappa shape index (κ2) is 7.11. The molecule has 1 heteroatoms. The molecule has 1 fully saturated rings. The molecule has 0 bridgehead atoms. The van der Waals surface area contributed by atoms with E-state index in [1.54, 1.807) is 0 Å². The molecule has 1 aliphatic rings. The van der Waals surface area contributed by atoms with Crippen molar-refractivity contribution in [2.24, 2.45) is 11.3 Å². The van der Waals surface area contributed by atoms with E-state index < -0.39 is 0 Å². The number of aliphatic hydroxyl groups is 1. The van der Waals surface area contributed by atoms with Gasteiger partial charge in [0.2, 0.25) is 0 Å². The van der Waals surface area contributed by atoms with E-state index in [4.69, 9.17) is 5.11 Å². The Labute approximate surface area is 101 Å². The standard InChI is InChI=1S/C15H28O/c1-3-11-15(2)12-7-4-5-9-14(15)10-6-8-13-16/h3,11,14,16H,4-10,12-13H2,1-2H3. The molecule has 0 heterocycles. The molecule has 0 amide bonds. The molecular weight excluding hydrogens is 196 g/mol. The highest BCUT2D eigenvalue weighted by molar-refractivity contribution is 5.00. The lowest BCUT2D eigenvalue weighted by atomic mass is 9.71. The lowest BCUT2D eigenvalue weighted by Gasteiger charge is -2.34. The summed E-state index contributed by atoms with van der Waals surface area (Å²) in [6.45, 7) is 4.93. The summed E-state index contributed by atoms with van der Waals surface area (Å²) in [6, 6.07) is 0. The molecule has 0 aromatic heterocycles. The van der Waals surface area contributed by atoms with Crippen LogP contribution in [-0.4, -0.2) is 11.7 Å². The molecule has 0 spiro atoms. The molecule has 2 atom stereocenters. The van der Waals surface area contributed by atoms with Crippen LogP contribution in [0.4, 0.5) is 0 Å². The molecule has 1 nitrogen and oxygen atoms in total. The van der Waals surface area contributed by atoms with Crippen molar-refractivity contribution in [2.45, 2.75) is 65.2 Å². The van der Waals surface area contributed by atoms with Gasteiger partial charge in [0.15, 0.2) is 0 Å². The largest absolute Gasteiger partial charge is 0.396 e. The van der Waals surface area contributed by atoms with E-state index in [-0.39, 0.29) is 0 Å². The summed E-state index contributed by atoms with van der Waals surface area (Å²) >= 11 is 0. The molecule has 1 saturated carbocycles. The van der Waals surface area contributed by atoms with E-state index in [9.17, 15) is 0 Å². The average molecular weight is 224 g/mol. The molecule has 94 valence electrons. The van der Waals surface area contributed by atoms with Gasteiger partial charge in [0.1, 0.15) is 0 Å². The first kappa shape index (κ1) is 13.8. The zero-order valence-electron chi connectivity index (χ0n) is 11.0. The molecule has 0 aromatic carbocycles. The summed E-state index contributed by atoms with van der Waals surface area (Å²) in [4.78, 5) is 0. The average Bonchev–Trinajstić information content (AvgIpc) is 2.43. The number of hydrogen-bond donors (Lipinski definition) is 1. The van der Waals surface area contributed by atoms with Crippen molar-refractivity contribution in [3.8, 4) is 0 Å². The highest BCUT2D eigenvalue weighted by atomic mass is 16.2. The summed E-state index contributed by atoms with van der Waals surface area (Å²) in [5.41, 5.74) is 0.417. The predicted octanol–water partition coefficient (Wildman–Crippen LogP) is 4.31. The fraction of sp³-hybridized carbons (Fsp3) is 0.867. The van der Waals surface area contributed by atoms with Crippen LogP contribution in [0, 0.1) is 11.3 Å². The van der Waals surface area contributed by atoms with Crippen molar-refractivity contribution >= 4 is 0 Å². The minimum absolute atomic E-state index is 0.354. The molecular formula is C15H28O. The number of rotatable bonds is 5. The minimum Gasteiger partial charge on any atom is -0.396 e. The Morgan fingerprint density at radius 1 is 1.25 bits per heavy atom. The molecule has 1 aliphatic carbocycles. The molecule has 0 radical (unpaired) electrons. The fourth-order valence-corrected chi connectivity index (χ4v) is 3.18. The Morgan fingerprint density at radius 3 is 2.75 bits per heavy atom. The van der Waals surface area contributed by atoms with E-state index in [2.05, 4.69) is 26.0 Å². The van der Waals surface area contributed by atoms with Crippen molar-refractivity contribution in [1.82, 2.24) is 0 Å². The maximum Gasteiger partial charge on any atom is 0.0431 e. The zero-order chi connectivity index (χ0) is 11.9. The molecule has 0 aliphatic heterocycles. The smallest absolute Gasteiger partial charge is 0.0431 e. The van der Waals surface area contributed by atoms with Crippen molar-refractivity contribution in [3.63, 3.8) is 0 Å². The lowest BCUT2D eigenvalue weighted by molar-refractivity contribution is 0.208. The van der Waals surface area contributed by atoms with E-state index in [1.807, 2.05) is 0 Å². The van der Waals surface area contributed by atoms with Gasteiger partial charge in [-0.2, -0.15) is 0 Å². The van der Waals surface area contributed by atoms with Crippen LogP contribution in [0.3, 0.4) is 0 Å². The maximum atomic E-state index is 8.87. The van der Waals surface area contributed by atoms with Crippen molar-refractivity contribution < 1.29 is 5.11 Å². The van der Waals surface area contributed by atoms with E-state index >= 15 is 0 Å². The van der Waals surface area contributed by atoms with Gasteiger partial charge in [-0.3, -0.25) is 0 Å². The topological polar surface area (TPSA) is 20.2 Å². The summed E-state index contributed by atoms with van der Waals surface area (Å²) in [5.74, 6) is 0.831. The monoisotopic (exact) mass is 224 g/mol. The highest BCUT2D eigenvalue weighted by Gasteiger charge is 2.31. The maximum absolute atomic E-state index is 8.87. The highest BCUT2D eigenvalue weighted by Crippen LogP contribution is 2.43. The quantitative estimate of drug-likeness (QED) is 0.419. The van der Waals surface area contributed by atoms with Gasteiger partial charge in [-0.1, -0.05) is 44.8 Å². The molecule has 16 heavy (non-hydrogen) atoms. The lowest BCUT2D eigenvalue weighted by Crippen LogP contribution is -2.24. The van der Waals surface area contributed by atoms with Crippen LogP contribution in [0.15, 0.2) is 12.2 Å². The van der Waals surface area contributed by atoms with Crippen molar-refractivity contribution in [3.05, 3.63) is 12.2 Å². The van der Waals surface area contributed by atoms with Gasteiger partial charge in [0, 0.05) is 6.61 Å². The van der Waals surface area contributed by atoms with Gasteiger partial charge in [0.25, 0.3) is 0 Å². The van der Waals surface area contributed by atoms with Crippen LogP contribution in [0.1, 0.15) is 65.2 Å². The third-order valence-corrected chi connectivity index (χ3v) is 4.21. The normalized spacial score (nSPS) is 31.8. The number of hydrogen-bond acceptors (Lipinski definition) is 1. The van der Waals surface area contributed by atoms with Crippen molar-refractivity contribution in [2.75, 3.05) is 6.61 Å². The Morgan fingerprint density at radius 2 is 2.06 bits per heavy atom. The fourth-order valence-electron chi connectivity index (χ4n) is 3.18. The number of unbranched alkanes of at least 4 members (excludes halogenated alkanes) is 1. The Balaban J connectivity index is 2.58. The SMILES string of the molecule is CC=CC1(C)CCCCCC1CCCCO. The van der Waals surface area contributed by atoms with Crippen LogP contribution < -0.4 is 0 Å². The van der Waals surface area contributed by atoms with E-state index in [0.29, 0.717) is 12.0 Å². The van der Waals surface area contributed by atoms with Crippen LogP contribution >= 0.6 is 0 Å². The van der Waals surface area contributed by atoms with Gasteiger partial charge in [-0.25, -0.2) is 0 Å². The second-order valence-electron chi connectivity index (χ2n) is 5.52. The summed E-state index contributed by atoms with van der Waals surface area (Å²) in [5, 5.41) is 8.87. The molecule has 1 rings (SSSR count).